The minimum atomic E-state index is 0.0258. The molecule has 3 N–H and O–H groups in total. The maximum absolute atomic E-state index is 5.94. The first-order chi connectivity index (χ1) is 15.2. The normalized spacial score (nSPS) is 17.6. The molecule has 6 nitrogen and oxygen atoms in total. The summed E-state index contributed by atoms with van der Waals surface area (Å²) in [5.74, 6) is 1.79. The minimum Gasteiger partial charge on any atom is -0.489 e. The second kappa shape index (κ2) is 8.43. The number of aromatic nitrogens is 3. The lowest BCUT2D eigenvalue weighted by molar-refractivity contribution is 0.306. The Bertz CT molecular complexity index is 1160. The molecule has 0 fully saturated rings. The molecule has 0 radical (unpaired) electrons. The van der Waals surface area contributed by atoms with Gasteiger partial charge in [-0.15, -0.1) is 5.10 Å². The van der Waals surface area contributed by atoms with Crippen LogP contribution in [0.1, 0.15) is 35.2 Å². The van der Waals surface area contributed by atoms with E-state index in [0.29, 0.717) is 12.6 Å². The van der Waals surface area contributed by atoms with Crippen LogP contribution < -0.4 is 15.8 Å². The lowest BCUT2D eigenvalue weighted by Crippen LogP contribution is -2.28. The predicted molar refractivity (Wildman–Crippen MR) is 125 cm³/mol. The third-order valence-electron chi connectivity index (χ3n) is 5.49. The van der Waals surface area contributed by atoms with Gasteiger partial charge in [-0.05, 0) is 47.4 Å². The third-order valence-corrected chi connectivity index (χ3v) is 6.02. The van der Waals surface area contributed by atoms with E-state index < -0.39 is 0 Å². The first-order valence-corrected chi connectivity index (χ1v) is 11.0. The zero-order valence-corrected chi connectivity index (χ0v) is 18.4. The molecular weight excluding hydrogens is 454 g/mol. The molecule has 2 atom stereocenters. The van der Waals surface area contributed by atoms with Gasteiger partial charge in [0.05, 0.1) is 12.1 Å². The molecule has 1 aliphatic rings. The third kappa shape index (κ3) is 4.27. The van der Waals surface area contributed by atoms with Crippen molar-refractivity contribution < 1.29 is 4.74 Å². The van der Waals surface area contributed by atoms with Crippen molar-refractivity contribution >= 4 is 27.8 Å². The molecule has 4 aromatic rings. The van der Waals surface area contributed by atoms with Crippen LogP contribution in [0.25, 0.3) is 0 Å². The lowest BCUT2D eigenvalue weighted by atomic mass is 9.93. The number of hydrogen-bond donors (Lipinski definition) is 2. The van der Waals surface area contributed by atoms with E-state index in [1.54, 1.807) is 0 Å². The predicted octanol–water partition coefficient (Wildman–Crippen LogP) is 5.35. The Kier molecular flexibility index (Phi) is 5.34. The van der Waals surface area contributed by atoms with Crippen LogP contribution in [0, 0.1) is 0 Å². The Balaban J connectivity index is 1.38. The highest BCUT2D eigenvalue weighted by atomic mass is 79.9. The largest absolute Gasteiger partial charge is 0.489 e. The van der Waals surface area contributed by atoms with E-state index in [1.807, 2.05) is 35.0 Å². The molecule has 0 spiro atoms. The van der Waals surface area contributed by atoms with Gasteiger partial charge in [0.15, 0.2) is 0 Å². The Morgan fingerprint density at radius 2 is 1.68 bits per heavy atom. The number of hydrogen-bond acceptors (Lipinski definition) is 5. The molecule has 0 aliphatic carbocycles. The van der Waals surface area contributed by atoms with Crippen molar-refractivity contribution in [1.82, 2.24) is 14.8 Å². The van der Waals surface area contributed by atoms with Gasteiger partial charge < -0.3 is 15.8 Å². The maximum atomic E-state index is 5.94. The number of anilines is 2. The number of rotatable bonds is 5. The second-order valence-corrected chi connectivity index (χ2v) is 8.50. The van der Waals surface area contributed by atoms with Gasteiger partial charge in [-0.1, -0.05) is 70.5 Å². The zero-order chi connectivity index (χ0) is 21.2. The fourth-order valence-corrected chi connectivity index (χ4v) is 4.18. The SMILES string of the molecule is Nc1nc2n(n1)[C@H](c1ccc(OCc3ccccc3)cc1)C[C@@H](c1ccc(Br)cc1)N2. The van der Waals surface area contributed by atoms with E-state index in [4.69, 9.17) is 10.5 Å². The number of nitrogens with zero attached hydrogens (tertiary/aromatic N) is 3. The van der Waals surface area contributed by atoms with Gasteiger partial charge >= 0.3 is 0 Å². The van der Waals surface area contributed by atoms with E-state index in [9.17, 15) is 0 Å². The van der Waals surface area contributed by atoms with Crippen molar-refractivity contribution in [3.8, 4) is 5.75 Å². The van der Waals surface area contributed by atoms with Crippen LogP contribution in [-0.4, -0.2) is 14.8 Å². The summed E-state index contributed by atoms with van der Waals surface area (Å²) < 4.78 is 8.88. The van der Waals surface area contributed by atoms with Crippen molar-refractivity contribution in [2.24, 2.45) is 0 Å². The summed E-state index contributed by atoms with van der Waals surface area (Å²) >= 11 is 3.51. The van der Waals surface area contributed by atoms with E-state index in [1.165, 1.54) is 5.56 Å². The van der Waals surface area contributed by atoms with Crippen molar-refractivity contribution in [3.63, 3.8) is 0 Å². The molecule has 7 heteroatoms. The molecule has 1 aromatic heterocycles. The van der Waals surface area contributed by atoms with Crippen LogP contribution in [0.3, 0.4) is 0 Å². The summed E-state index contributed by atoms with van der Waals surface area (Å²) in [4.78, 5) is 4.39. The van der Waals surface area contributed by atoms with E-state index in [-0.39, 0.29) is 18.0 Å². The Morgan fingerprint density at radius 1 is 0.968 bits per heavy atom. The molecule has 0 saturated heterocycles. The number of nitrogens with one attached hydrogen (secondary N) is 1. The number of benzene rings is 3. The average Bonchev–Trinajstić information content (AvgIpc) is 3.19. The average molecular weight is 476 g/mol. The molecular formula is C24H22BrN5O. The van der Waals surface area contributed by atoms with Crippen molar-refractivity contribution in [2.45, 2.75) is 25.1 Å². The van der Waals surface area contributed by atoms with Gasteiger partial charge in [-0.3, -0.25) is 0 Å². The standard InChI is InChI=1S/C24H22BrN5O/c25-19-10-6-17(7-11-19)21-14-22(30-24(27-21)28-23(26)29-30)18-8-12-20(13-9-18)31-15-16-4-2-1-3-5-16/h1-13,21-22H,14-15H2,(H3,26,27,28,29)/t21-,22-/m0/s1. The van der Waals surface area contributed by atoms with E-state index >= 15 is 0 Å². The van der Waals surface area contributed by atoms with Crippen LogP contribution in [0.15, 0.2) is 83.3 Å². The highest BCUT2D eigenvalue weighted by Gasteiger charge is 2.30. The highest BCUT2D eigenvalue weighted by molar-refractivity contribution is 9.10. The van der Waals surface area contributed by atoms with Gasteiger partial charge in [-0.2, -0.15) is 4.98 Å². The van der Waals surface area contributed by atoms with Crippen molar-refractivity contribution in [2.75, 3.05) is 11.1 Å². The Hall–Kier alpha value is -3.32. The number of nitrogen functional groups attached to an aromatic ring is 1. The summed E-state index contributed by atoms with van der Waals surface area (Å²) in [6.45, 7) is 0.545. The lowest BCUT2D eigenvalue weighted by Gasteiger charge is -2.31. The number of halogens is 1. The van der Waals surface area contributed by atoms with Crippen LogP contribution in [0.4, 0.5) is 11.9 Å². The number of nitrogens with two attached hydrogens (primary N) is 1. The second-order valence-electron chi connectivity index (χ2n) is 7.58. The topological polar surface area (TPSA) is 78.0 Å². The summed E-state index contributed by atoms with van der Waals surface area (Å²) in [6, 6.07) is 26.8. The van der Waals surface area contributed by atoms with Crippen LogP contribution >= 0.6 is 15.9 Å². The fraction of sp³-hybridized carbons (Fsp3) is 0.167. The molecule has 0 saturated carbocycles. The van der Waals surface area contributed by atoms with Crippen LogP contribution in [0.2, 0.25) is 0 Å². The van der Waals surface area contributed by atoms with E-state index in [0.717, 1.165) is 27.8 Å². The van der Waals surface area contributed by atoms with Crippen LogP contribution in [-0.2, 0) is 6.61 Å². The molecule has 1 aliphatic heterocycles. The first kappa shape index (κ1) is 19.6. The molecule has 2 heterocycles. The summed E-state index contributed by atoms with van der Waals surface area (Å²) in [5.41, 5.74) is 9.39. The Morgan fingerprint density at radius 3 is 2.42 bits per heavy atom. The van der Waals surface area contributed by atoms with Gasteiger partial charge in [-0.25, -0.2) is 4.68 Å². The summed E-state index contributed by atoms with van der Waals surface area (Å²) in [5, 5.41) is 7.90. The van der Waals surface area contributed by atoms with Gasteiger partial charge in [0, 0.05) is 4.47 Å². The summed E-state index contributed by atoms with van der Waals surface area (Å²) in [7, 11) is 0. The minimum absolute atomic E-state index is 0.0258. The molecule has 156 valence electrons. The molecule has 31 heavy (non-hydrogen) atoms. The smallest absolute Gasteiger partial charge is 0.241 e. The highest BCUT2D eigenvalue weighted by Crippen LogP contribution is 2.38. The number of ether oxygens (including phenoxy) is 1. The summed E-state index contributed by atoms with van der Waals surface area (Å²) in [6.07, 6.45) is 0.835. The van der Waals surface area contributed by atoms with Gasteiger partial charge in [0.2, 0.25) is 11.9 Å². The first-order valence-electron chi connectivity index (χ1n) is 10.2. The molecule has 3 aromatic carbocycles. The monoisotopic (exact) mass is 475 g/mol. The fourth-order valence-electron chi connectivity index (χ4n) is 3.91. The molecule has 0 unspecified atom stereocenters. The molecule has 0 bridgehead atoms. The Labute approximate surface area is 189 Å². The number of fused-ring (bicyclic) bond motifs is 1. The van der Waals surface area contributed by atoms with E-state index in [2.05, 4.69) is 79.9 Å². The molecule has 5 rings (SSSR count). The maximum Gasteiger partial charge on any atom is 0.241 e. The zero-order valence-electron chi connectivity index (χ0n) is 16.8. The van der Waals surface area contributed by atoms with Gasteiger partial charge in [0.1, 0.15) is 12.4 Å². The van der Waals surface area contributed by atoms with Crippen molar-refractivity contribution in [1.29, 1.82) is 0 Å². The van der Waals surface area contributed by atoms with Crippen molar-refractivity contribution in [3.05, 3.63) is 100 Å². The van der Waals surface area contributed by atoms with Gasteiger partial charge in [0.25, 0.3) is 0 Å². The molecule has 0 amide bonds. The van der Waals surface area contributed by atoms with Crippen LogP contribution in [0.5, 0.6) is 5.75 Å². The quantitative estimate of drug-likeness (QED) is 0.406.